The average Bonchev–Trinajstić information content (AvgIpc) is 2.75. The number of aromatic nitrogens is 1. The largest absolute Gasteiger partial charge is 0.265 e. The topological polar surface area (TPSA) is 12.9 Å². The first-order valence-corrected chi connectivity index (χ1v) is 9.72. The van der Waals surface area contributed by atoms with E-state index in [-0.39, 0.29) is 0 Å². The summed E-state index contributed by atoms with van der Waals surface area (Å²) in [5.74, 6) is 0. The summed E-state index contributed by atoms with van der Waals surface area (Å²) in [7, 11) is 0. The second kappa shape index (κ2) is 6.64. The number of rotatable bonds is 2. The molecule has 1 aromatic heterocycles. The van der Waals surface area contributed by atoms with Crippen LogP contribution in [0.4, 0.5) is 0 Å². The summed E-state index contributed by atoms with van der Waals surface area (Å²) in [6.45, 7) is 0. The Morgan fingerprint density at radius 2 is 1.07 bits per heavy atom. The number of hydrogen-bond acceptors (Lipinski definition) is 1. The molecule has 2 heteroatoms. The van der Waals surface area contributed by atoms with Crippen LogP contribution in [0.3, 0.4) is 0 Å². The van der Waals surface area contributed by atoms with Crippen LogP contribution in [0.25, 0.3) is 43.8 Å². The van der Waals surface area contributed by atoms with Crippen LogP contribution in [0.2, 0.25) is 0 Å². The minimum Gasteiger partial charge on any atom is -0.265 e. The van der Waals surface area contributed by atoms with Crippen molar-refractivity contribution >= 4 is 37.5 Å². The molecule has 5 aromatic rings. The molecular formula is C25H16BrN. The molecule has 0 radical (unpaired) electrons. The number of halogens is 1. The van der Waals surface area contributed by atoms with E-state index in [1.807, 2.05) is 12.4 Å². The van der Waals surface area contributed by atoms with Gasteiger partial charge in [0.25, 0.3) is 0 Å². The van der Waals surface area contributed by atoms with Gasteiger partial charge in [-0.1, -0.05) is 66.7 Å². The fraction of sp³-hybridized carbons (Fsp3) is 0. The molecule has 0 aliphatic rings. The first-order chi connectivity index (χ1) is 13.3. The second-order valence-corrected chi connectivity index (χ2v) is 7.39. The van der Waals surface area contributed by atoms with Gasteiger partial charge >= 0.3 is 0 Å². The highest BCUT2D eigenvalue weighted by Crippen LogP contribution is 2.42. The van der Waals surface area contributed by atoms with Gasteiger partial charge in [-0.05, 0) is 77.9 Å². The summed E-state index contributed by atoms with van der Waals surface area (Å²) in [6, 6.07) is 30.1. The van der Waals surface area contributed by atoms with Crippen LogP contribution in [0.1, 0.15) is 0 Å². The van der Waals surface area contributed by atoms with Gasteiger partial charge in [0.05, 0.1) is 0 Å². The van der Waals surface area contributed by atoms with E-state index in [1.54, 1.807) is 0 Å². The van der Waals surface area contributed by atoms with Crippen LogP contribution >= 0.6 is 15.9 Å². The summed E-state index contributed by atoms with van der Waals surface area (Å²) in [5, 5.41) is 4.99. The third-order valence-electron chi connectivity index (χ3n) is 5.03. The monoisotopic (exact) mass is 409 g/mol. The van der Waals surface area contributed by atoms with Crippen LogP contribution in [0.15, 0.2) is 102 Å². The summed E-state index contributed by atoms with van der Waals surface area (Å²) >= 11 is 3.83. The van der Waals surface area contributed by atoms with Gasteiger partial charge in [-0.25, -0.2) is 0 Å². The molecule has 0 bridgehead atoms. The number of pyridine rings is 1. The van der Waals surface area contributed by atoms with Gasteiger partial charge < -0.3 is 0 Å². The molecule has 0 spiro atoms. The van der Waals surface area contributed by atoms with Gasteiger partial charge in [-0.15, -0.1) is 0 Å². The first-order valence-electron chi connectivity index (χ1n) is 8.93. The first kappa shape index (κ1) is 16.2. The lowest BCUT2D eigenvalue weighted by Crippen LogP contribution is -1.88. The molecule has 0 saturated heterocycles. The van der Waals surface area contributed by atoms with Crippen molar-refractivity contribution in [1.29, 1.82) is 0 Å². The average molecular weight is 410 g/mol. The molecule has 27 heavy (non-hydrogen) atoms. The van der Waals surface area contributed by atoms with Crippen molar-refractivity contribution in [3.63, 3.8) is 0 Å². The summed E-state index contributed by atoms with van der Waals surface area (Å²) in [5.41, 5.74) is 4.88. The fourth-order valence-corrected chi connectivity index (χ4v) is 4.48. The van der Waals surface area contributed by atoms with Gasteiger partial charge in [0.1, 0.15) is 0 Å². The van der Waals surface area contributed by atoms with Crippen molar-refractivity contribution in [2.45, 2.75) is 0 Å². The predicted molar refractivity (Wildman–Crippen MR) is 118 cm³/mol. The van der Waals surface area contributed by atoms with Gasteiger partial charge in [0.2, 0.25) is 0 Å². The Morgan fingerprint density at radius 1 is 0.519 bits per heavy atom. The van der Waals surface area contributed by atoms with E-state index in [2.05, 4.69) is 106 Å². The molecule has 0 unspecified atom stereocenters. The van der Waals surface area contributed by atoms with E-state index in [0.717, 1.165) is 4.47 Å². The highest BCUT2D eigenvalue weighted by Gasteiger charge is 2.14. The number of fused-ring (bicyclic) bond motifs is 2. The van der Waals surface area contributed by atoms with Gasteiger partial charge in [-0.2, -0.15) is 0 Å². The number of benzene rings is 4. The van der Waals surface area contributed by atoms with E-state index < -0.39 is 0 Å². The van der Waals surface area contributed by atoms with Gasteiger partial charge in [-0.3, -0.25) is 4.98 Å². The Labute approximate surface area is 166 Å². The second-order valence-electron chi connectivity index (χ2n) is 6.60. The molecule has 0 amide bonds. The molecule has 128 valence electrons. The summed E-state index contributed by atoms with van der Waals surface area (Å²) in [6.07, 6.45) is 3.68. The number of nitrogens with zero attached hydrogens (tertiary/aromatic N) is 1. The molecule has 0 aliphatic carbocycles. The lowest BCUT2D eigenvalue weighted by atomic mass is 9.90. The van der Waals surface area contributed by atoms with E-state index in [9.17, 15) is 0 Å². The zero-order chi connectivity index (χ0) is 18.2. The van der Waals surface area contributed by atoms with Crippen LogP contribution in [-0.4, -0.2) is 4.98 Å². The van der Waals surface area contributed by atoms with Crippen LogP contribution in [0, 0.1) is 0 Å². The Balaban J connectivity index is 1.86. The maximum atomic E-state index is 4.14. The van der Waals surface area contributed by atoms with Crippen LogP contribution in [-0.2, 0) is 0 Å². The summed E-state index contributed by atoms with van der Waals surface area (Å²) in [4.78, 5) is 4.14. The third kappa shape index (κ3) is 2.73. The highest BCUT2D eigenvalue weighted by atomic mass is 79.9. The Hall–Kier alpha value is -2.97. The molecule has 1 nitrogen and oxygen atoms in total. The van der Waals surface area contributed by atoms with E-state index in [1.165, 1.54) is 43.8 Å². The lowest BCUT2D eigenvalue weighted by Gasteiger charge is -2.15. The SMILES string of the molecule is Brc1c2ccccc2c(-c2cccc(-c3ccncc3)c2)c2ccccc12. The minimum absolute atomic E-state index is 1.16. The van der Waals surface area contributed by atoms with Crippen molar-refractivity contribution in [2.75, 3.05) is 0 Å². The zero-order valence-corrected chi connectivity index (χ0v) is 16.1. The normalized spacial score (nSPS) is 11.1. The van der Waals surface area contributed by atoms with Gasteiger partial charge in [0.15, 0.2) is 0 Å². The highest BCUT2D eigenvalue weighted by molar-refractivity contribution is 9.10. The molecule has 0 aliphatic heterocycles. The maximum absolute atomic E-state index is 4.14. The molecule has 4 aromatic carbocycles. The molecule has 0 fully saturated rings. The summed E-state index contributed by atoms with van der Waals surface area (Å²) < 4.78 is 1.16. The lowest BCUT2D eigenvalue weighted by molar-refractivity contribution is 1.33. The van der Waals surface area contributed by atoms with Crippen molar-refractivity contribution in [1.82, 2.24) is 4.98 Å². The molecule has 0 atom stereocenters. The quantitative estimate of drug-likeness (QED) is 0.275. The van der Waals surface area contributed by atoms with Crippen molar-refractivity contribution in [2.24, 2.45) is 0 Å². The van der Waals surface area contributed by atoms with Gasteiger partial charge in [0, 0.05) is 16.9 Å². The maximum Gasteiger partial charge on any atom is 0.0332 e. The van der Waals surface area contributed by atoms with Crippen LogP contribution in [0.5, 0.6) is 0 Å². The Kier molecular flexibility index (Phi) is 3.99. The smallest absolute Gasteiger partial charge is 0.0332 e. The Bertz CT molecular complexity index is 1220. The zero-order valence-electron chi connectivity index (χ0n) is 14.6. The predicted octanol–water partition coefficient (Wildman–Crippen LogP) is 7.48. The molecule has 0 saturated carbocycles. The standard InChI is InChI=1S/C25H16BrN/c26-25-22-10-3-1-8-20(22)24(21-9-2-4-11-23(21)25)19-7-5-6-18(16-19)17-12-14-27-15-13-17/h1-16H. The fourth-order valence-electron chi connectivity index (χ4n) is 3.78. The number of hydrogen-bond donors (Lipinski definition) is 0. The van der Waals surface area contributed by atoms with Crippen molar-refractivity contribution in [3.05, 3.63) is 102 Å². The van der Waals surface area contributed by atoms with E-state index in [0.29, 0.717) is 0 Å². The molecule has 0 N–H and O–H groups in total. The molecule has 1 heterocycles. The third-order valence-corrected chi connectivity index (χ3v) is 5.88. The van der Waals surface area contributed by atoms with E-state index >= 15 is 0 Å². The molecular weight excluding hydrogens is 394 g/mol. The van der Waals surface area contributed by atoms with E-state index in [4.69, 9.17) is 0 Å². The minimum atomic E-state index is 1.16. The van der Waals surface area contributed by atoms with Crippen molar-refractivity contribution < 1.29 is 0 Å². The van der Waals surface area contributed by atoms with Crippen molar-refractivity contribution in [3.8, 4) is 22.3 Å². The van der Waals surface area contributed by atoms with Crippen LogP contribution < -0.4 is 0 Å². The molecule has 5 rings (SSSR count). The Morgan fingerprint density at radius 3 is 1.70 bits per heavy atom.